The van der Waals surface area contributed by atoms with Gasteiger partial charge in [0.15, 0.2) is 0 Å². The van der Waals surface area contributed by atoms with Crippen molar-refractivity contribution in [1.29, 1.82) is 0 Å². The first-order chi connectivity index (χ1) is 11.5. The van der Waals surface area contributed by atoms with Crippen LogP contribution in [0.2, 0.25) is 0 Å². The first-order valence-electron chi connectivity index (χ1n) is 7.90. The van der Waals surface area contributed by atoms with Crippen LogP contribution < -0.4 is 10.2 Å². The van der Waals surface area contributed by atoms with Crippen LogP contribution in [-0.2, 0) is 0 Å². The van der Waals surface area contributed by atoms with Gasteiger partial charge in [-0.15, -0.1) is 11.3 Å². The summed E-state index contributed by atoms with van der Waals surface area (Å²) < 4.78 is 0. The molecule has 3 rings (SSSR count). The topological polar surface area (TPSA) is 75.5 Å². The number of aryl methyl sites for hydroxylation is 1. The molecule has 6 nitrogen and oxygen atoms in total. The van der Waals surface area contributed by atoms with Gasteiger partial charge in [0.25, 0.3) is 11.6 Å². The van der Waals surface area contributed by atoms with Crippen molar-refractivity contribution in [3.8, 4) is 0 Å². The number of nitrogens with one attached hydrogen (secondary N) is 1. The third kappa shape index (κ3) is 3.56. The fourth-order valence-corrected chi connectivity index (χ4v) is 3.73. The number of nitrogens with zero attached hydrogens (tertiary/aromatic N) is 2. The summed E-state index contributed by atoms with van der Waals surface area (Å²) in [5.41, 5.74) is 0.787. The minimum atomic E-state index is -0.345. The van der Waals surface area contributed by atoms with Crippen molar-refractivity contribution in [2.45, 2.75) is 25.8 Å². The summed E-state index contributed by atoms with van der Waals surface area (Å²) in [6.07, 6.45) is 1.56. The van der Waals surface area contributed by atoms with Crippen molar-refractivity contribution in [3.63, 3.8) is 0 Å². The van der Waals surface area contributed by atoms with Crippen LogP contribution in [0.25, 0.3) is 0 Å². The van der Waals surface area contributed by atoms with Crippen LogP contribution in [0, 0.1) is 17.0 Å². The SMILES string of the molecule is Cc1ccc(C(=O)NC2CCN(c3ccccc3[N+](=O)[O-])CC2)s1. The van der Waals surface area contributed by atoms with Crippen LogP contribution in [0.15, 0.2) is 36.4 Å². The Bertz CT molecular complexity index is 751. The number of rotatable bonds is 4. The number of para-hydroxylation sites is 2. The lowest BCUT2D eigenvalue weighted by Crippen LogP contribution is -2.44. The molecular weight excluding hydrogens is 326 g/mol. The van der Waals surface area contributed by atoms with Gasteiger partial charge in [0.1, 0.15) is 5.69 Å². The largest absolute Gasteiger partial charge is 0.366 e. The molecule has 1 amide bonds. The normalized spacial score (nSPS) is 15.3. The smallest absolute Gasteiger partial charge is 0.292 e. The third-order valence-corrected chi connectivity index (χ3v) is 5.21. The summed E-state index contributed by atoms with van der Waals surface area (Å²) in [5, 5.41) is 14.2. The van der Waals surface area contributed by atoms with E-state index in [0.717, 1.165) is 22.6 Å². The quantitative estimate of drug-likeness (QED) is 0.681. The summed E-state index contributed by atoms with van der Waals surface area (Å²) in [6.45, 7) is 3.37. The zero-order chi connectivity index (χ0) is 17.1. The Kier molecular flexibility index (Phi) is 4.80. The van der Waals surface area contributed by atoms with Gasteiger partial charge < -0.3 is 10.2 Å². The van der Waals surface area contributed by atoms with Crippen LogP contribution in [-0.4, -0.2) is 30.0 Å². The maximum absolute atomic E-state index is 12.2. The highest BCUT2D eigenvalue weighted by atomic mass is 32.1. The van der Waals surface area contributed by atoms with Crippen LogP contribution >= 0.6 is 11.3 Å². The minimum Gasteiger partial charge on any atom is -0.366 e. The van der Waals surface area contributed by atoms with E-state index in [0.29, 0.717) is 18.8 Å². The molecule has 24 heavy (non-hydrogen) atoms. The summed E-state index contributed by atoms with van der Waals surface area (Å²) in [7, 11) is 0. The number of piperidine rings is 1. The first-order valence-corrected chi connectivity index (χ1v) is 8.72. The predicted octanol–water partition coefficient (Wildman–Crippen LogP) is 3.36. The molecule has 0 aliphatic carbocycles. The lowest BCUT2D eigenvalue weighted by Gasteiger charge is -2.33. The highest BCUT2D eigenvalue weighted by Crippen LogP contribution is 2.29. The van der Waals surface area contributed by atoms with Gasteiger partial charge in [-0.05, 0) is 38.0 Å². The van der Waals surface area contributed by atoms with E-state index in [4.69, 9.17) is 0 Å². The standard InChI is InChI=1S/C17H19N3O3S/c1-12-6-7-16(24-12)17(21)18-13-8-10-19(11-9-13)14-4-2-3-5-15(14)20(22)23/h2-7,13H,8-11H2,1H3,(H,18,21). The summed E-state index contributed by atoms with van der Waals surface area (Å²) in [6, 6.07) is 10.7. The Morgan fingerprint density at radius 1 is 1.25 bits per heavy atom. The van der Waals surface area contributed by atoms with E-state index >= 15 is 0 Å². The van der Waals surface area contributed by atoms with Gasteiger partial charge in [-0.3, -0.25) is 14.9 Å². The second kappa shape index (κ2) is 7.00. The molecule has 126 valence electrons. The summed E-state index contributed by atoms with van der Waals surface area (Å²) >= 11 is 1.49. The molecule has 0 atom stereocenters. The molecule has 2 heterocycles. The molecule has 1 aromatic carbocycles. The average molecular weight is 345 g/mol. The maximum atomic E-state index is 12.2. The average Bonchev–Trinajstić information content (AvgIpc) is 3.02. The summed E-state index contributed by atoms with van der Waals surface area (Å²) in [5.74, 6) is -0.0303. The Balaban J connectivity index is 1.60. The van der Waals surface area contributed by atoms with Gasteiger partial charge in [0, 0.05) is 30.1 Å². The fraction of sp³-hybridized carbons (Fsp3) is 0.353. The van der Waals surface area contributed by atoms with Crippen LogP contribution in [0.3, 0.4) is 0 Å². The van der Waals surface area contributed by atoms with E-state index in [-0.39, 0.29) is 22.6 Å². The van der Waals surface area contributed by atoms with Gasteiger partial charge in [-0.25, -0.2) is 0 Å². The van der Waals surface area contributed by atoms with Crippen molar-refractivity contribution in [3.05, 3.63) is 56.3 Å². The van der Waals surface area contributed by atoms with E-state index in [1.807, 2.05) is 30.0 Å². The zero-order valence-electron chi connectivity index (χ0n) is 13.4. The highest BCUT2D eigenvalue weighted by molar-refractivity contribution is 7.13. The first kappa shape index (κ1) is 16.4. The fourth-order valence-electron chi connectivity index (χ4n) is 2.96. The number of carbonyl (C=O) groups excluding carboxylic acids is 1. The number of nitro groups is 1. The lowest BCUT2D eigenvalue weighted by atomic mass is 10.0. The number of anilines is 1. The number of nitro benzene ring substituents is 1. The number of hydrogen-bond acceptors (Lipinski definition) is 5. The van der Waals surface area contributed by atoms with E-state index in [2.05, 4.69) is 5.32 Å². The number of thiophene rings is 1. The number of hydrogen-bond donors (Lipinski definition) is 1. The molecule has 1 N–H and O–H groups in total. The van der Waals surface area contributed by atoms with Crippen LogP contribution in [0.5, 0.6) is 0 Å². The molecule has 7 heteroatoms. The molecule has 0 bridgehead atoms. The second-order valence-corrected chi connectivity index (χ2v) is 7.18. The lowest BCUT2D eigenvalue weighted by molar-refractivity contribution is -0.384. The third-order valence-electron chi connectivity index (χ3n) is 4.21. The second-order valence-electron chi connectivity index (χ2n) is 5.89. The highest BCUT2D eigenvalue weighted by Gasteiger charge is 2.25. The maximum Gasteiger partial charge on any atom is 0.292 e. The van der Waals surface area contributed by atoms with E-state index in [1.165, 1.54) is 17.4 Å². The minimum absolute atomic E-state index is 0.0303. The molecule has 1 aliphatic rings. The Labute approximate surface area is 144 Å². The van der Waals surface area contributed by atoms with Crippen LogP contribution in [0.4, 0.5) is 11.4 Å². The number of amides is 1. The molecule has 1 fully saturated rings. The Morgan fingerprint density at radius 3 is 2.58 bits per heavy atom. The molecule has 0 spiro atoms. The van der Waals surface area contributed by atoms with Gasteiger partial charge >= 0.3 is 0 Å². The van der Waals surface area contributed by atoms with Gasteiger partial charge in [-0.2, -0.15) is 0 Å². The van der Waals surface area contributed by atoms with Gasteiger partial charge in [0.2, 0.25) is 0 Å². The molecule has 0 unspecified atom stereocenters. The molecule has 1 aliphatic heterocycles. The van der Waals surface area contributed by atoms with E-state index < -0.39 is 0 Å². The van der Waals surface area contributed by atoms with E-state index in [9.17, 15) is 14.9 Å². The van der Waals surface area contributed by atoms with Gasteiger partial charge in [-0.1, -0.05) is 12.1 Å². The van der Waals surface area contributed by atoms with E-state index in [1.54, 1.807) is 12.1 Å². The molecule has 1 aromatic heterocycles. The van der Waals surface area contributed by atoms with Crippen molar-refractivity contribution in [2.24, 2.45) is 0 Å². The molecular formula is C17H19N3O3S. The molecule has 2 aromatic rings. The molecule has 1 saturated heterocycles. The molecule has 0 saturated carbocycles. The molecule has 0 radical (unpaired) electrons. The van der Waals surface area contributed by atoms with Crippen molar-refractivity contribution < 1.29 is 9.72 Å². The number of benzene rings is 1. The van der Waals surface area contributed by atoms with Gasteiger partial charge in [0.05, 0.1) is 9.80 Å². The van der Waals surface area contributed by atoms with Crippen LogP contribution in [0.1, 0.15) is 27.4 Å². The van der Waals surface area contributed by atoms with Crippen molar-refractivity contribution in [1.82, 2.24) is 5.32 Å². The van der Waals surface area contributed by atoms with Crippen molar-refractivity contribution >= 4 is 28.6 Å². The predicted molar refractivity (Wildman–Crippen MR) is 94.9 cm³/mol. The Hall–Kier alpha value is -2.41. The van der Waals surface area contributed by atoms with Crippen molar-refractivity contribution in [2.75, 3.05) is 18.0 Å². The number of carbonyl (C=O) groups is 1. The Morgan fingerprint density at radius 2 is 1.96 bits per heavy atom. The monoisotopic (exact) mass is 345 g/mol. The summed E-state index contributed by atoms with van der Waals surface area (Å²) in [4.78, 5) is 26.9. The zero-order valence-corrected chi connectivity index (χ0v) is 14.2.